The highest BCUT2D eigenvalue weighted by atomic mass is 32.2. The molecule has 8 heteroatoms. The Morgan fingerprint density at radius 2 is 2.14 bits per heavy atom. The molecule has 3 heterocycles. The molecule has 112 valence electrons. The lowest BCUT2D eigenvalue weighted by molar-refractivity contribution is -0.112. The number of ether oxygens (including phenoxy) is 1. The second-order valence-electron chi connectivity index (χ2n) is 4.86. The summed E-state index contributed by atoms with van der Waals surface area (Å²) in [6.45, 7) is 2.89. The van der Waals surface area contributed by atoms with Crippen LogP contribution >= 0.6 is 11.8 Å². The van der Waals surface area contributed by atoms with Crippen molar-refractivity contribution in [2.24, 2.45) is 0 Å². The molecule has 0 spiro atoms. The monoisotopic (exact) mass is 308 g/mol. The first kappa shape index (κ1) is 14.3. The summed E-state index contributed by atoms with van der Waals surface area (Å²) in [5.74, 6) is 1.14. The number of carbonyl (C=O) groups is 2. The Bertz CT molecular complexity index is 531. The molecule has 0 saturated carbocycles. The van der Waals surface area contributed by atoms with Crippen LogP contribution in [0.1, 0.15) is 16.9 Å². The molecule has 1 atom stereocenters. The van der Waals surface area contributed by atoms with Gasteiger partial charge in [-0.3, -0.25) is 9.59 Å². The molecule has 0 radical (unpaired) electrons. The number of thioether (sulfide) groups is 1. The number of hydrogen-bond acceptors (Lipinski definition) is 7. The lowest BCUT2D eigenvalue weighted by Crippen LogP contribution is -2.38. The van der Waals surface area contributed by atoms with Gasteiger partial charge in [0.15, 0.2) is 11.5 Å². The van der Waals surface area contributed by atoms with E-state index in [0.717, 1.165) is 24.7 Å². The fourth-order valence-corrected chi connectivity index (χ4v) is 3.20. The highest BCUT2D eigenvalue weighted by Crippen LogP contribution is 2.19. The van der Waals surface area contributed by atoms with E-state index >= 15 is 0 Å². The van der Waals surface area contributed by atoms with Gasteiger partial charge in [0.25, 0.3) is 5.91 Å². The zero-order valence-corrected chi connectivity index (χ0v) is 12.3. The Balaban J connectivity index is 1.63. The van der Waals surface area contributed by atoms with Crippen molar-refractivity contribution in [1.29, 1.82) is 0 Å². The van der Waals surface area contributed by atoms with Crippen molar-refractivity contribution in [3.05, 3.63) is 17.8 Å². The van der Waals surface area contributed by atoms with E-state index in [1.165, 1.54) is 11.8 Å². The molecule has 2 aliphatic rings. The van der Waals surface area contributed by atoms with Crippen LogP contribution in [0.25, 0.3) is 0 Å². The topological polar surface area (TPSA) is 84.4 Å². The zero-order valence-electron chi connectivity index (χ0n) is 11.4. The average molecular weight is 308 g/mol. The standard InChI is InChI=1S/C13H16N4O3S/c18-12(14-10-3-8-21-13(10)19)9-1-2-11(16-15-9)17-4-6-20-7-5-17/h1-2,10H,3-8H2,(H,14,18). The van der Waals surface area contributed by atoms with Gasteiger partial charge in [0, 0.05) is 18.8 Å². The van der Waals surface area contributed by atoms with Gasteiger partial charge in [-0.1, -0.05) is 11.8 Å². The van der Waals surface area contributed by atoms with E-state index in [9.17, 15) is 9.59 Å². The Hall–Kier alpha value is -1.67. The van der Waals surface area contributed by atoms with Crippen LogP contribution in [0.4, 0.5) is 5.82 Å². The molecule has 21 heavy (non-hydrogen) atoms. The van der Waals surface area contributed by atoms with Crippen LogP contribution in [0.3, 0.4) is 0 Å². The van der Waals surface area contributed by atoms with Crippen LogP contribution in [0.15, 0.2) is 12.1 Å². The van der Waals surface area contributed by atoms with Gasteiger partial charge >= 0.3 is 0 Å². The SMILES string of the molecule is O=C(NC1CCSC1=O)c1ccc(N2CCOCC2)nn1. The molecule has 1 aromatic rings. The number of rotatable bonds is 3. The van der Waals surface area contributed by atoms with Crippen LogP contribution in [0, 0.1) is 0 Å². The molecular formula is C13H16N4O3S. The molecule has 0 bridgehead atoms. The van der Waals surface area contributed by atoms with E-state index in [1.54, 1.807) is 12.1 Å². The van der Waals surface area contributed by atoms with Gasteiger partial charge in [-0.15, -0.1) is 10.2 Å². The molecule has 1 N–H and O–H groups in total. The first-order chi connectivity index (χ1) is 10.2. The number of anilines is 1. The van der Waals surface area contributed by atoms with Crippen LogP contribution in [-0.2, 0) is 9.53 Å². The fourth-order valence-electron chi connectivity index (χ4n) is 2.27. The van der Waals surface area contributed by atoms with Crippen molar-refractivity contribution in [1.82, 2.24) is 15.5 Å². The Morgan fingerprint density at radius 3 is 2.76 bits per heavy atom. The normalized spacial score (nSPS) is 22.4. The van der Waals surface area contributed by atoms with E-state index in [2.05, 4.69) is 20.4 Å². The van der Waals surface area contributed by atoms with E-state index < -0.39 is 6.04 Å². The fraction of sp³-hybridized carbons (Fsp3) is 0.538. The molecule has 2 fully saturated rings. The van der Waals surface area contributed by atoms with Crippen molar-refractivity contribution in [3.8, 4) is 0 Å². The van der Waals surface area contributed by atoms with Crippen LogP contribution in [0.5, 0.6) is 0 Å². The molecule has 1 unspecified atom stereocenters. The number of aromatic nitrogens is 2. The number of nitrogens with zero attached hydrogens (tertiary/aromatic N) is 3. The quantitative estimate of drug-likeness (QED) is 0.846. The molecule has 2 saturated heterocycles. The summed E-state index contributed by atoms with van der Waals surface area (Å²) in [6, 6.07) is 3.02. The highest BCUT2D eigenvalue weighted by molar-refractivity contribution is 8.14. The molecule has 2 aliphatic heterocycles. The zero-order chi connectivity index (χ0) is 14.7. The largest absolute Gasteiger partial charge is 0.378 e. The number of morpholine rings is 1. The predicted molar refractivity (Wildman–Crippen MR) is 78.4 cm³/mol. The van der Waals surface area contributed by atoms with Gasteiger partial charge in [-0.2, -0.15) is 0 Å². The van der Waals surface area contributed by atoms with Gasteiger partial charge in [-0.25, -0.2) is 0 Å². The molecule has 1 aromatic heterocycles. The maximum atomic E-state index is 12.0. The number of hydrogen-bond donors (Lipinski definition) is 1. The molecule has 0 aromatic carbocycles. The van der Waals surface area contributed by atoms with Crippen molar-refractivity contribution >= 4 is 28.6 Å². The second-order valence-corrected chi connectivity index (χ2v) is 5.96. The van der Waals surface area contributed by atoms with E-state index in [-0.39, 0.29) is 16.7 Å². The van der Waals surface area contributed by atoms with E-state index in [4.69, 9.17) is 4.74 Å². The Morgan fingerprint density at radius 1 is 1.33 bits per heavy atom. The third-order valence-corrected chi connectivity index (χ3v) is 4.47. The second kappa shape index (κ2) is 6.40. The summed E-state index contributed by atoms with van der Waals surface area (Å²) >= 11 is 1.26. The molecule has 1 amide bonds. The summed E-state index contributed by atoms with van der Waals surface area (Å²) in [7, 11) is 0. The van der Waals surface area contributed by atoms with Crippen molar-refractivity contribution in [2.45, 2.75) is 12.5 Å². The third-order valence-electron chi connectivity index (χ3n) is 3.46. The summed E-state index contributed by atoms with van der Waals surface area (Å²) in [5, 5.41) is 10.8. The summed E-state index contributed by atoms with van der Waals surface area (Å²) in [6.07, 6.45) is 0.675. The Kier molecular flexibility index (Phi) is 4.35. The van der Waals surface area contributed by atoms with Crippen molar-refractivity contribution in [3.63, 3.8) is 0 Å². The van der Waals surface area contributed by atoms with E-state index in [0.29, 0.717) is 19.6 Å². The maximum Gasteiger partial charge on any atom is 0.272 e. The maximum absolute atomic E-state index is 12.0. The lowest BCUT2D eigenvalue weighted by Gasteiger charge is -2.27. The Labute approximate surface area is 126 Å². The van der Waals surface area contributed by atoms with Crippen LogP contribution in [-0.4, -0.2) is 59.3 Å². The molecule has 7 nitrogen and oxygen atoms in total. The first-order valence-corrected chi connectivity index (χ1v) is 7.86. The van der Waals surface area contributed by atoms with Gasteiger partial charge in [-0.05, 0) is 18.6 Å². The van der Waals surface area contributed by atoms with Crippen LogP contribution < -0.4 is 10.2 Å². The smallest absolute Gasteiger partial charge is 0.272 e. The van der Waals surface area contributed by atoms with E-state index in [1.807, 2.05) is 0 Å². The van der Waals surface area contributed by atoms with Crippen LogP contribution in [0.2, 0.25) is 0 Å². The van der Waals surface area contributed by atoms with Gasteiger partial charge in [0.2, 0.25) is 5.12 Å². The summed E-state index contributed by atoms with van der Waals surface area (Å²) in [4.78, 5) is 25.6. The van der Waals surface area contributed by atoms with Crippen molar-refractivity contribution in [2.75, 3.05) is 37.0 Å². The minimum absolute atomic E-state index is 0.0150. The molecule has 3 rings (SSSR count). The lowest BCUT2D eigenvalue weighted by atomic mass is 10.2. The highest BCUT2D eigenvalue weighted by Gasteiger charge is 2.27. The molecular weight excluding hydrogens is 292 g/mol. The first-order valence-electron chi connectivity index (χ1n) is 6.88. The predicted octanol–water partition coefficient (Wildman–Crippen LogP) is 0.0751. The number of carbonyl (C=O) groups excluding carboxylic acids is 2. The van der Waals surface area contributed by atoms with Gasteiger partial charge < -0.3 is 15.0 Å². The summed E-state index contributed by atoms with van der Waals surface area (Å²) < 4.78 is 5.28. The average Bonchev–Trinajstić information content (AvgIpc) is 2.93. The van der Waals surface area contributed by atoms with Crippen molar-refractivity contribution < 1.29 is 14.3 Å². The van der Waals surface area contributed by atoms with Gasteiger partial charge in [0.05, 0.1) is 19.3 Å². The minimum atomic E-state index is -0.400. The number of nitrogens with one attached hydrogen (secondary N) is 1. The minimum Gasteiger partial charge on any atom is -0.378 e. The summed E-state index contributed by atoms with van der Waals surface area (Å²) in [5.41, 5.74) is 0.233. The number of amides is 1. The van der Waals surface area contributed by atoms with Gasteiger partial charge in [0.1, 0.15) is 0 Å². The third kappa shape index (κ3) is 3.33. The molecule has 0 aliphatic carbocycles.